The molecule has 2 fully saturated rings. The van der Waals surface area contributed by atoms with E-state index in [4.69, 9.17) is 14.5 Å². The minimum atomic E-state index is -0.173. The van der Waals surface area contributed by atoms with Crippen molar-refractivity contribution in [1.82, 2.24) is 9.38 Å². The molecule has 0 N–H and O–H groups in total. The molecule has 0 amide bonds. The molecule has 5 heteroatoms. The second kappa shape index (κ2) is 11.9. The lowest BCUT2D eigenvalue weighted by molar-refractivity contribution is -0.234. The Hall–Kier alpha value is -1.98. The molecular formula is C24H37N3O2. The van der Waals surface area contributed by atoms with E-state index >= 15 is 0 Å². The zero-order chi connectivity index (χ0) is 21.1. The summed E-state index contributed by atoms with van der Waals surface area (Å²) in [5.74, 6) is 1.02. The largest absolute Gasteiger partial charge is 0.352 e. The zero-order valence-electron chi connectivity index (χ0n) is 18.4. The smallest absolute Gasteiger partial charge is 0.163 e. The van der Waals surface area contributed by atoms with E-state index in [0.717, 1.165) is 36.7 Å². The number of pyridine rings is 1. The number of allylic oxidation sites excluding steroid dienone is 1. The highest BCUT2D eigenvalue weighted by Gasteiger charge is 2.38. The standard InChI is InChI=1S/C20H26N2O2.C2H5N.C2H6/c1-2-8-18-21-16(17-9-4-7-12-22(17)18)13-19-23-14-20(15-24-19)10-5-3-6-11-20;1-3-2;1-2/h2,4,7,9,12,19H,1,3,5-6,8,10-11,13-15H2;1H2,2H3;1-2H3. The Balaban J connectivity index is 0.000000551. The molecule has 160 valence electrons. The molecule has 0 unspecified atom stereocenters. The quantitative estimate of drug-likeness (QED) is 0.520. The molecular weight excluding hydrogens is 362 g/mol. The highest BCUT2D eigenvalue weighted by molar-refractivity contribution is 5.53. The highest BCUT2D eigenvalue weighted by Crippen LogP contribution is 2.39. The van der Waals surface area contributed by atoms with Gasteiger partial charge in [0.25, 0.3) is 0 Å². The maximum Gasteiger partial charge on any atom is 0.163 e. The van der Waals surface area contributed by atoms with Crippen LogP contribution in [0.25, 0.3) is 5.52 Å². The molecule has 1 saturated heterocycles. The van der Waals surface area contributed by atoms with Crippen molar-refractivity contribution in [3.8, 4) is 0 Å². The fourth-order valence-electron chi connectivity index (χ4n) is 4.09. The normalized spacial score (nSPS) is 18.3. The summed E-state index contributed by atoms with van der Waals surface area (Å²) in [6.07, 6.45) is 11.7. The molecule has 29 heavy (non-hydrogen) atoms. The molecule has 2 aromatic rings. The summed E-state index contributed by atoms with van der Waals surface area (Å²) in [4.78, 5) is 8.06. The van der Waals surface area contributed by atoms with Gasteiger partial charge in [-0.3, -0.25) is 0 Å². The molecule has 0 radical (unpaired) electrons. The Morgan fingerprint density at radius 3 is 2.48 bits per heavy atom. The molecule has 2 aromatic heterocycles. The molecule has 0 atom stereocenters. The van der Waals surface area contributed by atoms with Gasteiger partial charge in [-0.25, -0.2) is 4.98 Å². The van der Waals surface area contributed by atoms with E-state index in [1.54, 1.807) is 7.05 Å². The molecule has 1 spiro atoms. The van der Waals surface area contributed by atoms with Crippen LogP contribution in [-0.4, -0.2) is 42.7 Å². The van der Waals surface area contributed by atoms with E-state index in [1.165, 1.54) is 32.1 Å². The Kier molecular flexibility index (Phi) is 9.55. The van der Waals surface area contributed by atoms with Gasteiger partial charge in [0.1, 0.15) is 5.82 Å². The molecule has 3 heterocycles. The van der Waals surface area contributed by atoms with E-state index in [0.29, 0.717) is 6.42 Å². The second-order valence-corrected chi connectivity index (χ2v) is 7.56. The summed E-state index contributed by atoms with van der Waals surface area (Å²) in [7, 11) is 1.64. The Morgan fingerprint density at radius 1 is 1.21 bits per heavy atom. The van der Waals surface area contributed by atoms with Crippen LogP contribution in [0.15, 0.2) is 42.0 Å². The van der Waals surface area contributed by atoms with Gasteiger partial charge in [0.15, 0.2) is 6.29 Å². The molecule has 0 aromatic carbocycles. The molecule has 1 aliphatic heterocycles. The monoisotopic (exact) mass is 399 g/mol. The number of rotatable bonds is 4. The summed E-state index contributed by atoms with van der Waals surface area (Å²) < 4.78 is 14.3. The van der Waals surface area contributed by atoms with E-state index in [1.807, 2.05) is 26.0 Å². The number of fused-ring (bicyclic) bond motifs is 1. The van der Waals surface area contributed by atoms with Crippen LogP contribution in [0.5, 0.6) is 0 Å². The maximum absolute atomic E-state index is 6.10. The van der Waals surface area contributed by atoms with Gasteiger partial charge in [-0.05, 0) is 31.7 Å². The molecule has 0 bridgehead atoms. The van der Waals surface area contributed by atoms with Crippen LogP contribution < -0.4 is 0 Å². The predicted octanol–water partition coefficient (Wildman–Crippen LogP) is 5.27. The third-order valence-electron chi connectivity index (χ3n) is 5.45. The minimum absolute atomic E-state index is 0.173. The van der Waals surface area contributed by atoms with Crippen molar-refractivity contribution in [1.29, 1.82) is 0 Å². The first-order valence-electron chi connectivity index (χ1n) is 10.8. The van der Waals surface area contributed by atoms with Crippen LogP contribution in [0.4, 0.5) is 0 Å². The lowest BCUT2D eigenvalue weighted by Gasteiger charge is -2.42. The highest BCUT2D eigenvalue weighted by atomic mass is 16.7. The number of aliphatic imine (C=N–C) groups is 1. The third-order valence-corrected chi connectivity index (χ3v) is 5.45. The first-order valence-corrected chi connectivity index (χ1v) is 10.8. The van der Waals surface area contributed by atoms with E-state index < -0.39 is 0 Å². The van der Waals surface area contributed by atoms with Gasteiger partial charge in [-0.2, -0.15) is 0 Å². The average Bonchev–Trinajstić information content (AvgIpc) is 3.10. The van der Waals surface area contributed by atoms with E-state index in [9.17, 15) is 0 Å². The van der Waals surface area contributed by atoms with Crippen LogP contribution in [0.2, 0.25) is 0 Å². The Bertz CT molecular complexity index is 753. The fourth-order valence-corrected chi connectivity index (χ4v) is 4.09. The molecule has 2 aliphatic rings. The number of ether oxygens (including phenoxy) is 2. The minimum Gasteiger partial charge on any atom is -0.352 e. The third kappa shape index (κ3) is 6.00. The maximum atomic E-state index is 6.10. The average molecular weight is 400 g/mol. The number of nitrogens with zero attached hydrogens (tertiary/aromatic N) is 3. The van der Waals surface area contributed by atoms with Gasteiger partial charge in [0.2, 0.25) is 0 Å². The first-order chi connectivity index (χ1) is 14.2. The number of hydrogen-bond donors (Lipinski definition) is 0. The van der Waals surface area contributed by atoms with E-state index in [-0.39, 0.29) is 11.7 Å². The van der Waals surface area contributed by atoms with Gasteiger partial charge in [0, 0.05) is 31.5 Å². The molecule has 4 rings (SSSR count). The SMILES string of the molecule is C=CCc1nc(CC2OCC3(CCCCC3)CO2)c2ccccn12.C=NC.CC. The van der Waals surface area contributed by atoms with Gasteiger partial charge in [-0.15, -0.1) is 6.58 Å². The first kappa shape index (κ1) is 23.3. The van der Waals surface area contributed by atoms with Gasteiger partial charge >= 0.3 is 0 Å². The zero-order valence-corrected chi connectivity index (χ0v) is 18.4. The van der Waals surface area contributed by atoms with Crippen molar-refractivity contribution in [2.24, 2.45) is 10.4 Å². The lowest BCUT2D eigenvalue weighted by atomic mass is 9.75. The van der Waals surface area contributed by atoms with Crippen molar-refractivity contribution < 1.29 is 9.47 Å². The Morgan fingerprint density at radius 2 is 1.86 bits per heavy atom. The van der Waals surface area contributed by atoms with Gasteiger partial charge in [-0.1, -0.05) is 45.3 Å². The number of aromatic nitrogens is 2. The summed E-state index contributed by atoms with van der Waals surface area (Å²) in [5.41, 5.74) is 2.47. The predicted molar refractivity (Wildman–Crippen MR) is 121 cm³/mol. The van der Waals surface area contributed by atoms with Crippen molar-refractivity contribution in [2.75, 3.05) is 20.3 Å². The summed E-state index contributed by atoms with van der Waals surface area (Å²) in [5, 5.41) is 0. The molecule has 1 aliphatic carbocycles. The van der Waals surface area contributed by atoms with Crippen molar-refractivity contribution >= 4 is 12.2 Å². The number of imidazole rings is 1. The van der Waals surface area contributed by atoms with Crippen LogP contribution in [-0.2, 0) is 22.3 Å². The van der Waals surface area contributed by atoms with Crippen molar-refractivity contribution in [2.45, 2.75) is 65.1 Å². The van der Waals surface area contributed by atoms with Gasteiger partial charge in [0.05, 0.1) is 24.4 Å². The Labute approximate surface area is 175 Å². The second-order valence-electron chi connectivity index (χ2n) is 7.56. The number of hydrogen-bond acceptors (Lipinski definition) is 4. The van der Waals surface area contributed by atoms with E-state index in [2.05, 4.69) is 41.0 Å². The summed E-state index contributed by atoms with van der Waals surface area (Å²) in [6, 6.07) is 6.20. The fraction of sp³-hybridized carbons (Fsp3) is 0.583. The van der Waals surface area contributed by atoms with Crippen molar-refractivity contribution in [3.05, 3.63) is 48.6 Å². The lowest BCUT2D eigenvalue weighted by Crippen LogP contribution is -2.43. The van der Waals surface area contributed by atoms with Crippen LogP contribution in [0, 0.1) is 5.41 Å². The van der Waals surface area contributed by atoms with Crippen LogP contribution in [0.1, 0.15) is 57.5 Å². The molecule has 1 saturated carbocycles. The summed E-state index contributed by atoms with van der Waals surface area (Å²) in [6.45, 7) is 12.6. The summed E-state index contributed by atoms with van der Waals surface area (Å²) >= 11 is 0. The van der Waals surface area contributed by atoms with Crippen LogP contribution in [0.3, 0.4) is 0 Å². The van der Waals surface area contributed by atoms with Gasteiger partial charge < -0.3 is 18.9 Å². The van der Waals surface area contributed by atoms with Crippen molar-refractivity contribution in [3.63, 3.8) is 0 Å². The molecule has 5 nitrogen and oxygen atoms in total. The topological polar surface area (TPSA) is 48.1 Å². The van der Waals surface area contributed by atoms with Crippen LogP contribution >= 0.6 is 0 Å².